The molecule has 1 saturated carbocycles. The summed E-state index contributed by atoms with van der Waals surface area (Å²) in [5.74, 6) is -0.953. The Kier molecular flexibility index (Phi) is 6.27. The Morgan fingerprint density at radius 2 is 2.05 bits per heavy atom. The van der Waals surface area contributed by atoms with Crippen molar-refractivity contribution in [2.75, 3.05) is 25.0 Å². The van der Waals surface area contributed by atoms with Gasteiger partial charge in [-0.25, -0.2) is 18.7 Å². The fourth-order valence-electron chi connectivity index (χ4n) is 5.09. The van der Waals surface area contributed by atoms with Crippen LogP contribution in [0.25, 0.3) is 0 Å². The second-order valence-corrected chi connectivity index (χ2v) is 10.7. The number of rotatable bonds is 6. The number of fused-ring (bicyclic) bond motifs is 1. The minimum absolute atomic E-state index is 0.00120. The zero-order valence-electron chi connectivity index (χ0n) is 20.0. The van der Waals surface area contributed by atoms with Gasteiger partial charge in [0.1, 0.15) is 10.4 Å². The lowest BCUT2D eigenvalue weighted by atomic mass is 9.85. The molecule has 192 valence electrons. The van der Waals surface area contributed by atoms with Gasteiger partial charge in [-0.1, -0.05) is 17.7 Å². The van der Waals surface area contributed by atoms with Crippen molar-refractivity contribution in [3.05, 3.63) is 47.4 Å². The number of amides is 2. The molecular weight excluding hydrogens is 502 g/mol. The number of hydrogen-bond acceptors (Lipinski definition) is 8. The van der Waals surface area contributed by atoms with E-state index in [1.54, 1.807) is 6.92 Å². The Bertz CT molecular complexity index is 1340. The number of nitrogens with zero attached hydrogens (tertiary/aromatic N) is 4. The summed E-state index contributed by atoms with van der Waals surface area (Å²) < 4.78 is 34.3. The van der Waals surface area contributed by atoms with Crippen LogP contribution in [0.1, 0.15) is 42.2 Å². The van der Waals surface area contributed by atoms with Gasteiger partial charge >= 0.3 is 0 Å². The lowest BCUT2D eigenvalue weighted by molar-refractivity contribution is -0.130. The zero-order chi connectivity index (χ0) is 26.4. The fraction of sp³-hybridized carbons (Fsp3) is 0.400. The highest BCUT2D eigenvalue weighted by atomic mass is 32.2. The predicted octanol–water partition coefficient (Wildman–Crippen LogP) is 2.68. The zero-order valence-corrected chi connectivity index (χ0v) is 20.8. The van der Waals surface area contributed by atoms with Gasteiger partial charge in [0.05, 0.1) is 17.9 Å². The predicted molar refractivity (Wildman–Crippen MR) is 134 cm³/mol. The molecule has 3 heterocycles. The van der Waals surface area contributed by atoms with Crippen LogP contribution < -0.4 is 15.8 Å². The topological polar surface area (TPSA) is 123 Å². The molecule has 1 aromatic heterocycles. The van der Waals surface area contributed by atoms with Crippen molar-refractivity contribution in [2.45, 2.75) is 36.5 Å². The summed E-state index contributed by atoms with van der Waals surface area (Å²) in [5.41, 5.74) is 4.67. The number of thioether (sulfide) groups is 1. The Labute approximate surface area is 216 Å². The molecule has 2 amide bonds. The fourth-order valence-corrected chi connectivity index (χ4v) is 6.54. The maximum atomic E-state index is 15.2. The van der Waals surface area contributed by atoms with E-state index in [-0.39, 0.29) is 46.4 Å². The highest BCUT2D eigenvalue weighted by Crippen LogP contribution is 2.66. The summed E-state index contributed by atoms with van der Waals surface area (Å²) in [6.45, 7) is 2.99. The normalized spacial score (nSPS) is 26.1. The van der Waals surface area contributed by atoms with E-state index < -0.39 is 27.8 Å². The maximum absolute atomic E-state index is 15.2. The summed E-state index contributed by atoms with van der Waals surface area (Å²) >= 11 is 1.20. The lowest BCUT2D eigenvalue weighted by Crippen LogP contribution is -2.45. The Morgan fingerprint density at radius 1 is 1.30 bits per heavy atom. The minimum Gasteiger partial charge on any atom is -0.463 e. The highest BCUT2D eigenvalue weighted by molar-refractivity contribution is 8.15. The number of aromatic nitrogens is 2. The van der Waals surface area contributed by atoms with Gasteiger partial charge in [-0.2, -0.15) is 0 Å². The lowest BCUT2D eigenvalue weighted by Gasteiger charge is -2.35. The summed E-state index contributed by atoms with van der Waals surface area (Å²) in [4.78, 5) is 40.3. The molecule has 0 radical (unpaired) electrons. The molecule has 1 saturated heterocycles. The number of benzene rings is 1. The summed E-state index contributed by atoms with van der Waals surface area (Å²) in [6.07, 6.45) is 9.84. The molecule has 0 unspecified atom stereocenters. The van der Waals surface area contributed by atoms with Crippen molar-refractivity contribution >= 4 is 34.4 Å². The van der Waals surface area contributed by atoms with Gasteiger partial charge in [0, 0.05) is 36.3 Å². The molecule has 2 fully saturated rings. The Morgan fingerprint density at radius 3 is 2.73 bits per heavy atom. The third-order valence-electron chi connectivity index (χ3n) is 6.97. The number of hydrogen-bond donors (Lipinski definition) is 2. The SMILES string of the molecule is C#CCOc1cnc(C(=O)Nc2cc(F)c(F)c([C@@]3(C)N=C(N)S[C@@]4(C(=O)N5CCCC5)C[C@H]43)c2)cn1. The van der Waals surface area contributed by atoms with Gasteiger partial charge < -0.3 is 20.7 Å². The molecule has 1 aliphatic carbocycles. The van der Waals surface area contributed by atoms with Crippen LogP contribution in [0.3, 0.4) is 0 Å². The second kappa shape index (κ2) is 9.30. The molecule has 12 heteroatoms. The van der Waals surface area contributed by atoms with Crippen LogP contribution in [-0.2, 0) is 10.3 Å². The highest BCUT2D eigenvalue weighted by Gasteiger charge is 2.71. The number of halogens is 2. The average Bonchev–Trinajstić information content (AvgIpc) is 3.38. The van der Waals surface area contributed by atoms with E-state index >= 15 is 4.39 Å². The number of carbonyl (C=O) groups is 2. The van der Waals surface area contributed by atoms with Gasteiger partial charge in [0.25, 0.3) is 5.91 Å². The van der Waals surface area contributed by atoms with Crippen LogP contribution in [0, 0.1) is 29.9 Å². The van der Waals surface area contributed by atoms with E-state index in [4.69, 9.17) is 16.9 Å². The van der Waals surface area contributed by atoms with Crippen molar-refractivity contribution in [2.24, 2.45) is 16.6 Å². The molecular formula is C25H24F2N6O3S. The minimum atomic E-state index is -1.30. The smallest absolute Gasteiger partial charge is 0.275 e. The maximum Gasteiger partial charge on any atom is 0.275 e. The number of nitrogens with one attached hydrogen (secondary N) is 1. The first-order valence-electron chi connectivity index (χ1n) is 11.7. The van der Waals surface area contributed by atoms with E-state index in [0.717, 1.165) is 18.9 Å². The number of ether oxygens (including phenoxy) is 1. The first-order chi connectivity index (χ1) is 17.7. The van der Waals surface area contributed by atoms with Crippen LogP contribution in [0.2, 0.25) is 0 Å². The standard InChI is InChI=1S/C25H24F2N6O3S/c1-3-8-36-19-13-29-17(12-30-19)21(34)31-14-9-15(20(27)16(26)10-14)24(2)18-11-25(18,37-23(28)32-24)22(35)33-6-4-5-7-33/h1,9-10,12-13,18H,4-8,11H2,2H3,(H2,28,32)(H,31,34)/t18-,24+,25-/m0/s1. The van der Waals surface area contributed by atoms with Crippen LogP contribution in [0.4, 0.5) is 14.5 Å². The molecule has 9 nitrogen and oxygen atoms in total. The number of terminal acetylenes is 1. The monoisotopic (exact) mass is 526 g/mol. The van der Waals surface area contributed by atoms with Crippen molar-refractivity contribution in [1.29, 1.82) is 0 Å². The molecule has 2 aliphatic heterocycles. The Balaban J connectivity index is 1.42. The van der Waals surface area contributed by atoms with Crippen molar-refractivity contribution in [3.8, 4) is 18.2 Å². The molecule has 3 N–H and O–H groups in total. The van der Waals surface area contributed by atoms with Gasteiger partial charge in [-0.05, 0) is 32.3 Å². The van der Waals surface area contributed by atoms with Crippen molar-refractivity contribution in [1.82, 2.24) is 14.9 Å². The molecule has 3 aliphatic rings. The number of carbonyl (C=O) groups excluding carboxylic acids is 2. The molecule has 2 aromatic rings. The van der Waals surface area contributed by atoms with Gasteiger partial charge in [0.15, 0.2) is 23.4 Å². The van der Waals surface area contributed by atoms with E-state index in [0.29, 0.717) is 19.5 Å². The van der Waals surface area contributed by atoms with Gasteiger partial charge in [-0.15, -0.1) is 6.42 Å². The number of amidine groups is 1. The van der Waals surface area contributed by atoms with Crippen LogP contribution in [0.15, 0.2) is 29.5 Å². The third kappa shape index (κ3) is 4.37. The van der Waals surface area contributed by atoms with Crippen molar-refractivity contribution < 1.29 is 23.1 Å². The molecule has 5 rings (SSSR count). The third-order valence-corrected chi connectivity index (χ3v) is 8.26. The first-order valence-corrected chi connectivity index (χ1v) is 12.5. The summed E-state index contributed by atoms with van der Waals surface area (Å²) in [6, 6.07) is 2.20. The summed E-state index contributed by atoms with van der Waals surface area (Å²) in [7, 11) is 0. The van der Waals surface area contributed by atoms with Crippen LogP contribution >= 0.6 is 11.8 Å². The Hall–Kier alpha value is -3.72. The number of nitrogens with two attached hydrogens (primary N) is 1. The largest absolute Gasteiger partial charge is 0.463 e. The van der Waals surface area contributed by atoms with E-state index in [1.807, 2.05) is 4.90 Å². The average molecular weight is 527 g/mol. The van der Waals surface area contributed by atoms with E-state index in [2.05, 4.69) is 26.2 Å². The quantitative estimate of drug-likeness (QED) is 0.555. The number of aliphatic imine (C=N–C) groups is 1. The number of likely N-dealkylation sites (tertiary alicyclic amines) is 1. The van der Waals surface area contributed by atoms with Crippen molar-refractivity contribution in [3.63, 3.8) is 0 Å². The second-order valence-electron chi connectivity index (χ2n) is 9.35. The van der Waals surface area contributed by atoms with E-state index in [9.17, 15) is 14.0 Å². The van der Waals surface area contributed by atoms with Crippen LogP contribution in [0.5, 0.6) is 5.88 Å². The van der Waals surface area contributed by atoms with Crippen LogP contribution in [-0.4, -0.2) is 56.3 Å². The van der Waals surface area contributed by atoms with Gasteiger partial charge in [0.2, 0.25) is 11.8 Å². The molecule has 1 aromatic carbocycles. The number of anilines is 1. The van der Waals surface area contributed by atoms with Gasteiger partial charge in [-0.3, -0.25) is 14.6 Å². The first kappa shape index (κ1) is 25.0. The molecule has 3 atom stereocenters. The molecule has 0 spiro atoms. The molecule has 0 bridgehead atoms. The van der Waals surface area contributed by atoms with E-state index in [1.165, 1.54) is 30.2 Å². The summed E-state index contributed by atoms with van der Waals surface area (Å²) in [5, 5.41) is 2.66. The molecule has 37 heavy (non-hydrogen) atoms.